The molecule has 1 aliphatic carbocycles. The summed E-state index contributed by atoms with van der Waals surface area (Å²) < 4.78 is 1.04. The third-order valence-electron chi connectivity index (χ3n) is 3.45. The molecule has 0 atom stereocenters. The fraction of sp³-hybridized carbons (Fsp3) is 0.500. The molecule has 2 N–H and O–H groups in total. The summed E-state index contributed by atoms with van der Waals surface area (Å²) in [6.07, 6.45) is 2.88. The van der Waals surface area contributed by atoms with E-state index in [0.717, 1.165) is 35.7 Å². The van der Waals surface area contributed by atoms with Gasteiger partial charge >= 0.3 is 0 Å². The van der Waals surface area contributed by atoms with Crippen molar-refractivity contribution in [2.24, 2.45) is 5.92 Å². The number of aliphatic hydroxyl groups is 1. The number of amides is 1. The van der Waals surface area contributed by atoms with Gasteiger partial charge in [0.05, 0.1) is 6.10 Å². The minimum absolute atomic E-state index is 0.0730. The van der Waals surface area contributed by atoms with Gasteiger partial charge in [0.2, 0.25) is 5.91 Å². The largest absolute Gasteiger partial charge is 0.393 e. The van der Waals surface area contributed by atoms with Gasteiger partial charge in [0.25, 0.3) is 0 Å². The van der Waals surface area contributed by atoms with Crippen LogP contribution in [0.25, 0.3) is 0 Å². The summed E-state index contributed by atoms with van der Waals surface area (Å²) in [6.45, 7) is 0.575. The first-order valence-electron chi connectivity index (χ1n) is 6.35. The van der Waals surface area contributed by atoms with Crippen LogP contribution >= 0.6 is 15.9 Å². The van der Waals surface area contributed by atoms with Crippen LogP contribution in [-0.4, -0.2) is 17.1 Å². The average molecular weight is 312 g/mol. The predicted octanol–water partition coefficient (Wildman–Crippen LogP) is 2.62. The normalized spacial score (nSPS) is 23.7. The number of halogens is 1. The van der Waals surface area contributed by atoms with E-state index in [1.807, 2.05) is 24.3 Å². The highest BCUT2D eigenvalue weighted by atomic mass is 79.9. The van der Waals surface area contributed by atoms with Gasteiger partial charge in [-0.3, -0.25) is 4.79 Å². The average Bonchev–Trinajstić information content (AvgIpc) is 2.38. The van der Waals surface area contributed by atoms with Crippen molar-refractivity contribution in [3.05, 3.63) is 34.3 Å². The van der Waals surface area contributed by atoms with Crippen LogP contribution in [0.15, 0.2) is 28.7 Å². The van der Waals surface area contributed by atoms with E-state index in [1.54, 1.807) is 0 Å². The molecule has 0 radical (unpaired) electrons. The molecular formula is C14H18BrNO2. The van der Waals surface area contributed by atoms with Crippen molar-refractivity contribution in [1.82, 2.24) is 5.32 Å². The Morgan fingerprint density at radius 1 is 1.22 bits per heavy atom. The molecule has 2 rings (SSSR count). The second-order valence-corrected chi connectivity index (χ2v) is 5.77. The predicted molar refractivity (Wildman–Crippen MR) is 74.0 cm³/mol. The summed E-state index contributed by atoms with van der Waals surface area (Å²) in [4.78, 5) is 11.9. The van der Waals surface area contributed by atoms with Gasteiger partial charge in [-0.2, -0.15) is 0 Å². The first-order chi connectivity index (χ1) is 8.65. The Hall–Kier alpha value is -0.870. The lowest BCUT2D eigenvalue weighted by Gasteiger charge is -2.24. The number of benzene rings is 1. The molecule has 0 unspecified atom stereocenters. The Morgan fingerprint density at radius 2 is 1.83 bits per heavy atom. The lowest BCUT2D eigenvalue weighted by Crippen LogP contribution is -2.33. The van der Waals surface area contributed by atoms with E-state index in [1.165, 1.54) is 0 Å². The summed E-state index contributed by atoms with van der Waals surface area (Å²) in [5, 5.41) is 12.4. The summed E-state index contributed by atoms with van der Waals surface area (Å²) >= 11 is 3.38. The van der Waals surface area contributed by atoms with Crippen LogP contribution in [0.2, 0.25) is 0 Å². The molecule has 98 valence electrons. The molecule has 1 aliphatic rings. The van der Waals surface area contributed by atoms with Crippen molar-refractivity contribution in [3.8, 4) is 0 Å². The van der Waals surface area contributed by atoms with Crippen LogP contribution in [0.5, 0.6) is 0 Å². The maximum absolute atomic E-state index is 11.9. The van der Waals surface area contributed by atoms with Gasteiger partial charge < -0.3 is 10.4 Å². The van der Waals surface area contributed by atoms with Crippen molar-refractivity contribution in [2.45, 2.75) is 38.3 Å². The molecular weight excluding hydrogens is 294 g/mol. The van der Waals surface area contributed by atoms with E-state index >= 15 is 0 Å². The van der Waals surface area contributed by atoms with Crippen molar-refractivity contribution in [1.29, 1.82) is 0 Å². The van der Waals surface area contributed by atoms with E-state index in [0.29, 0.717) is 6.54 Å². The fourth-order valence-corrected chi connectivity index (χ4v) is 2.54. The summed E-state index contributed by atoms with van der Waals surface area (Å²) in [7, 11) is 0. The van der Waals surface area contributed by atoms with E-state index in [4.69, 9.17) is 0 Å². The molecule has 1 amide bonds. The quantitative estimate of drug-likeness (QED) is 0.901. The highest BCUT2D eigenvalue weighted by molar-refractivity contribution is 9.10. The van der Waals surface area contributed by atoms with Crippen molar-refractivity contribution >= 4 is 21.8 Å². The van der Waals surface area contributed by atoms with Crippen LogP contribution < -0.4 is 5.32 Å². The molecule has 0 saturated heterocycles. The van der Waals surface area contributed by atoms with Gasteiger partial charge in [-0.05, 0) is 43.4 Å². The molecule has 0 aliphatic heterocycles. The number of carbonyl (C=O) groups is 1. The van der Waals surface area contributed by atoms with Gasteiger partial charge in [0.1, 0.15) is 0 Å². The van der Waals surface area contributed by atoms with Gasteiger partial charge in [-0.1, -0.05) is 28.1 Å². The molecule has 4 heteroatoms. The zero-order valence-corrected chi connectivity index (χ0v) is 11.8. The van der Waals surface area contributed by atoms with Gasteiger partial charge in [-0.25, -0.2) is 0 Å². The molecule has 0 spiro atoms. The molecule has 1 fully saturated rings. The standard InChI is InChI=1S/C14H18BrNO2/c15-12-5-1-10(2-6-12)9-16-14(18)11-3-7-13(17)8-4-11/h1-2,5-6,11,13,17H,3-4,7-9H2,(H,16,18). The lowest BCUT2D eigenvalue weighted by atomic mass is 9.87. The Kier molecular flexibility index (Phi) is 4.78. The first kappa shape index (κ1) is 13.6. The Balaban J connectivity index is 1.79. The van der Waals surface area contributed by atoms with Crippen LogP contribution in [0, 0.1) is 5.92 Å². The van der Waals surface area contributed by atoms with Crippen LogP contribution in [0.3, 0.4) is 0 Å². The second kappa shape index (κ2) is 6.34. The Morgan fingerprint density at radius 3 is 2.44 bits per heavy atom. The molecule has 0 bridgehead atoms. The fourth-order valence-electron chi connectivity index (χ4n) is 2.27. The third kappa shape index (κ3) is 3.82. The van der Waals surface area contributed by atoms with Crippen LogP contribution in [0.4, 0.5) is 0 Å². The lowest BCUT2D eigenvalue weighted by molar-refractivity contribution is -0.126. The summed E-state index contributed by atoms with van der Waals surface area (Å²) in [5.41, 5.74) is 1.10. The number of carbonyl (C=O) groups excluding carboxylic acids is 1. The maximum Gasteiger partial charge on any atom is 0.223 e. The second-order valence-electron chi connectivity index (χ2n) is 4.85. The first-order valence-corrected chi connectivity index (χ1v) is 7.14. The number of nitrogens with one attached hydrogen (secondary N) is 1. The van der Waals surface area contributed by atoms with Gasteiger partial charge in [-0.15, -0.1) is 0 Å². The highest BCUT2D eigenvalue weighted by Crippen LogP contribution is 2.24. The number of hydrogen-bond acceptors (Lipinski definition) is 2. The van der Waals surface area contributed by atoms with Crippen LogP contribution in [0.1, 0.15) is 31.2 Å². The van der Waals surface area contributed by atoms with Gasteiger partial charge in [0, 0.05) is 16.9 Å². The smallest absolute Gasteiger partial charge is 0.223 e. The van der Waals surface area contributed by atoms with E-state index in [9.17, 15) is 9.90 Å². The number of rotatable bonds is 3. The SMILES string of the molecule is O=C(NCc1ccc(Br)cc1)C1CCC(O)CC1. The molecule has 18 heavy (non-hydrogen) atoms. The molecule has 0 aromatic heterocycles. The monoisotopic (exact) mass is 311 g/mol. The van der Waals surface area contributed by atoms with Crippen LogP contribution in [-0.2, 0) is 11.3 Å². The van der Waals surface area contributed by atoms with E-state index in [-0.39, 0.29) is 17.9 Å². The number of hydrogen-bond donors (Lipinski definition) is 2. The van der Waals surface area contributed by atoms with Crippen molar-refractivity contribution in [3.63, 3.8) is 0 Å². The zero-order chi connectivity index (χ0) is 13.0. The highest BCUT2D eigenvalue weighted by Gasteiger charge is 2.24. The topological polar surface area (TPSA) is 49.3 Å². The minimum atomic E-state index is -0.208. The molecule has 3 nitrogen and oxygen atoms in total. The maximum atomic E-state index is 11.9. The van der Waals surface area contributed by atoms with Crippen molar-refractivity contribution < 1.29 is 9.90 Å². The molecule has 0 heterocycles. The summed E-state index contributed by atoms with van der Waals surface area (Å²) in [6, 6.07) is 7.93. The third-order valence-corrected chi connectivity index (χ3v) is 3.98. The minimum Gasteiger partial charge on any atom is -0.393 e. The van der Waals surface area contributed by atoms with Gasteiger partial charge in [0.15, 0.2) is 0 Å². The molecule has 1 saturated carbocycles. The molecule has 1 aromatic carbocycles. The Labute approximate surface area is 116 Å². The zero-order valence-electron chi connectivity index (χ0n) is 10.2. The number of aliphatic hydroxyl groups excluding tert-OH is 1. The Bertz CT molecular complexity index is 397. The van der Waals surface area contributed by atoms with E-state index in [2.05, 4.69) is 21.2 Å². The molecule has 1 aromatic rings. The summed E-state index contributed by atoms with van der Waals surface area (Å²) in [5.74, 6) is 0.189. The van der Waals surface area contributed by atoms with E-state index < -0.39 is 0 Å². The van der Waals surface area contributed by atoms with Crippen molar-refractivity contribution in [2.75, 3.05) is 0 Å².